The number of hydrogen-bond donors (Lipinski definition) is 2. The molecule has 2 aliphatic rings. The smallest absolute Gasteiger partial charge is 0.0540 e. The van der Waals surface area contributed by atoms with E-state index in [9.17, 15) is 0 Å². The van der Waals surface area contributed by atoms with Gasteiger partial charge in [-0.3, -0.25) is 0 Å². The number of aliphatic hydroxyl groups excluding tert-OH is 2. The summed E-state index contributed by atoms with van der Waals surface area (Å²) in [4.78, 5) is 0. The lowest BCUT2D eigenvalue weighted by Crippen LogP contribution is -2.09. The molecule has 1 aromatic carbocycles. The standard InChI is InChI=1S/2C6H12O.C6H6/c2*7-6-4-2-1-3-5-6;1-2-4-6-5-3-1/h2*6-7H,1-5H2;1-6H. The Morgan fingerprint density at radius 2 is 0.700 bits per heavy atom. The van der Waals surface area contributed by atoms with Crippen molar-refractivity contribution in [1.29, 1.82) is 0 Å². The predicted octanol–water partition coefficient (Wildman–Crippen LogP) is 4.31. The van der Waals surface area contributed by atoms with E-state index >= 15 is 0 Å². The van der Waals surface area contributed by atoms with Gasteiger partial charge in [-0.2, -0.15) is 0 Å². The Balaban J connectivity index is 0.000000151. The maximum Gasteiger partial charge on any atom is 0.0540 e. The molecule has 0 radical (unpaired) electrons. The monoisotopic (exact) mass is 278 g/mol. The van der Waals surface area contributed by atoms with Crippen molar-refractivity contribution in [3.8, 4) is 0 Å². The SMILES string of the molecule is OC1CCCCC1.OC1CCCCC1.c1ccccc1. The first-order valence-electron chi connectivity index (χ1n) is 8.15. The van der Waals surface area contributed by atoms with E-state index in [1.54, 1.807) is 0 Å². The number of aliphatic hydroxyl groups is 2. The molecule has 0 unspecified atom stereocenters. The highest BCUT2D eigenvalue weighted by Gasteiger charge is 2.08. The van der Waals surface area contributed by atoms with Gasteiger partial charge in [0, 0.05) is 0 Å². The fourth-order valence-corrected chi connectivity index (χ4v) is 2.55. The molecule has 2 fully saturated rings. The van der Waals surface area contributed by atoms with Crippen molar-refractivity contribution in [2.45, 2.75) is 76.4 Å². The zero-order valence-electron chi connectivity index (χ0n) is 12.6. The third-order valence-electron chi connectivity index (χ3n) is 3.82. The highest BCUT2D eigenvalue weighted by atomic mass is 16.3. The van der Waals surface area contributed by atoms with Crippen LogP contribution in [0.2, 0.25) is 0 Å². The quantitative estimate of drug-likeness (QED) is 0.742. The molecule has 1 aromatic rings. The fraction of sp³-hybridized carbons (Fsp3) is 0.667. The summed E-state index contributed by atoms with van der Waals surface area (Å²) in [7, 11) is 0. The van der Waals surface area contributed by atoms with Crippen LogP contribution in [-0.4, -0.2) is 22.4 Å². The number of benzene rings is 1. The highest BCUT2D eigenvalue weighted by Crippen LogP contribution is 2.16. The second-order valence-electron chi connectivity index (χ2n) is 5.74. The zero-order chi connectivity index (χ0) is 14.5. The zero-order valence-corrected chi connectivity index (χ0v) is 12.6. The first-order chi connectivity index (χ1) is 9.79. The third kappa shape index (κ3) is 9.99. The van der Waals surface area contributed by atoms with E-state index in [-0.39, 0.29) is 12.2 Å². The molecule has 2 heteroatoms. The van der Waals surface area contributed by atoms with Gasteiger partial charge in [0.2, 0.25) is 0 Å². The molecule has 20 heavy (non-hydrogen) atoms. The molecule has 0 bridgehead atoms. The van der Waals surface area contributed by atoms with Crippen molar-refractivity contribution >= 4 is 0 Å². The Kier molecular flexibility index (Phi) is 10.3. The normalized spacial score (nSPS) is 20.1. The molecule has 2 saturated carbocycles. The Morgan fingerprint density at radius 1 is 0.450 bits per heavy atom. The van der Waals surface area contributed by atoms with Crippen molar-refractivity contribution in [3.63, 3.8) is 0 Å². The van der Waals surface area contributed by atoms with E-state index in [1.807, 2.05) is 36.4 Å². The van der Waals surface area contributed by atoms with E-state index in [1.165, 1.54) is 38.5 Å². The minimum Gasteiger partial charge on any atom is -0.393 e. The molecule has 2 nitrogen and oxygen atoms in total. The molecule has 0 aliphatic heterocycles. The van der Waals surface area contributed by atoms with Crippen LogP contribution < -0.4 is 0 Å². The van der Waals surface area contributed by atoms with Gasteiger partial charge in [-0.25, -0.2) is 0 Å². The topological polar surface area (TPSA) is 40.5 Å². The van der Waals surface area contributed by atoms with E-state index in [4.69, 9.17) is 10.2 Å². The minimum atomic E-state index is 0.0359. The molecule has 0 heterocycles. The van der Waals surface area contributed by atoms with Crippen LogP contribution in [0.4, 0.5) is 0 Å². The van der Waals surface area contributed by atoms with Gasteiger partial charge >= 0.3 is 0 Å². The summed E-state index contributed by atoms with van der Waals surface area (Å²) in [6.45, 7) is 0. The molecular formula is C18H30O2. The summed E-state index contributed by atoms with van der Waals surface area (Å²) in [5.41, 5.74) is 0. The lowest BCUT2D eigenvalue weighted by Gasteiger charge is -2.14. The number of rotatable bonds is 0. The summed E-state index contributed by atoms with van der Waals surface area (Å²) >= 11 is 0. The molecule has 0 aromatic heterocycles. The van der Waals surface area contributed by atoms with Gasteiger partial charge in [-0.15, -0.1) is 0 Å². The van der Waals surface area contributed by atoms with E-state index < -0.39 is 0 Å². The van der Waals surface area contributed by atoms with Crippen LogP contribution in [0.15, 0.2) is 36.4 Å². The van der Waals surface area contributed by atoms with Gasteiger partial charge in [0.25, 0.3) is 0 Å². The summed E-state index contributed by atoms with van der Waals surface area (Å²) < 4.78 is 0. The van der Waals surface area contributed by atoms with Crippen LogP contribution in [-0.2, 0) is 0 Å². The Bertz CT molecular complexity index is 245. The molecule has 0 saturated heterocycles. The Morgan fingerprint density at radius 3 is 0.850 bits per heavy atom. The average Bonchev–Trinajstić information content (AvgIpc) is 2.52. The van der Waals surface area contributed by atoms with Gasteiger partial charge in [0.15, 0.2) is 0 Å². The van der Waals surface area contributed by atoms with Crippen molar-refractivity contribution in [1.82, 2.24) is 0 Å². The molecule has 114 valence electrons. The summed E-state index contributed by atoms with van der Waals surface area (Å²) in [6.07, 6.45) is 11.8. The molecule has 2 N–H and O–H groups in total. The van der Waals surface area contributed by atoms with E-state index in [2.05, 4.69) is 0 Å². The Hall–Kier alpha value is -0.860. The van der Waals surface area contributed by atoms with Crippen LogP contribution in [0.5, 0.6) is 0 Å². The summed E-state index contributed by atoms with van der Waals surface area (Å²) in [5.74, 6) is 0. The largest absolute Gasteiger partial charge is 0.393 e. The van der Waals surface area contributed by atoms with Crippen LogP contribution in [0.25, 0.3) is 0 Å². The lowest BCUT2D eigenvalue weighted by atomic mass is 9.98. The number of hydrogen-bond acceptors (Lipinski definition) is 2. The maximum absolute atomic E-state index is 8.91. The first kappa shape index (κ1) is 17.2. The molecule has 0 spiro atoms. The second-order valence-corrected chi connectivity index (χ2v) is 5.74. The van der Waals surface area contributed by atoms with Crippen molar-refractivity contribution in [2.75, 3.05) is 0 Å². The molecule has 3 rings (SSSR count). The molecular weight excluding hydrogens is 248 g/mol. The first-order valence-corrected chi connectivity index (χ1v) is 8.15. The van der Waals surface area contributed by atoms with Crippen LogP contribution in [0.3, 0.4) is 0 Å². The third-order valence-corrected chi connectivity index (χ3v) is 3.82. The van der Waals surface area contributed by atoms with Gasteiger partial charge in [0.1, 0.15) is 0 Å². The average molecular weight is 278 g/mol. The maximum atomic E-state index is 8.91. The van der Waals surface area contributed by atoms with Crippen molar-refractivity contribution in [3.05, 3.63) is 36.4 Å². The van der Waals surface area contributed by atoms with Gasteiger partial charge in [0.05, 0.1) is 12.2 Å². The summed E-state index contributed by atoms with van der Waals surface area (Å²) in [6, 6.07) is 12.0. The summed E-state index contributed by atoms with van der Waals surface area (Å²) in [5, 5.41) is 17.8. The van der Waals surface area contributed by atoms with Crippen LogP contribution in [0.1, 0.15) is 64.2 Å². The lowest BCUT2D eigenvalue weighted by molar-refractivity contribution is 0.130. The second kappa shape index (κ2) is 11.9. The van der Waals surface area contributed by atoms with Gasteiger partial charge in [-0.05, 0) is 25.7 Å². The van der Waals surface area contributed by atoms with E-state index in [0.29, 0.717) is 0 Å². The van der Waals surface area contributed by atoms with Crippen molar-refractivity contribution in [2.24, 2.45) is 0 Å². The van der Waals surface area contributed by atoms with Crippen LogP contribution >= 0.6 is 0 Å². The molecule has 0 atom stereocenters. The predicted molar refractivity (Wildman–Crippen MR) is 84.6 cm³/mol. The van der Waals surface area contributed by atoms with Crippen LogP contribution in [0, 0.1) is 0 Å². The van der Waals surface area contributed by atoms with E-state index in [0.717, 1.165) is 25.7 Å². The Labute approximate surface area is 123 Å². The highest BCUT2D eigenvalue weighted by molar-refractivity contribution is 4.99. The van der Waals surface area contributed by atoms with Crippen molar-refractivity contribution < 1.29 is 10.2 Å². The van der Waals surface area contributed by atoms with Gasteiger partial charge < -0.3 is 10.2 Å². The fourth-order valence-electron chi connectivity index (χ4n) is 2.55. The molecule has 2 aliphatic carbocycles. The molecule has 0 amide bonds. The van der Waals surface area contributed by atoms with Gasteiger partial charge in [-0.1, -0.05) is 74.9 Å². The minimum absolute atomic E-state index is 0.0359.